The molecule has 2 amide bonds. The molecule has 4 rings (SSSR count). The molecule has 0 spiro atoms. The lowest BCUT2D eigenvalue weighted by molar-refractivity contribution is 0.208. The Labute approximate surface area is 177 Å². The van der Waals surface area contributed by atoms with Gasteiger partial charge in [0.25, 0.3) is 0 Å². The second-order valence-electron chi connectivity index (χ2n) is 7.63. The maximum atomic E-state index is 12.7. The van der Waals surface area contributed by atoms with Crippen molar-refractivity contribution in [3.8, 4) is 5.75 Å². The summed E-state index contributed by atoms with van der Waals surface area (Å²) >= 11 is 0. The van der Waals surface area contributed by atoms with Crippen molar-refractivity contribution >= 4 is 23.4 Å². The zero-order valence-electron chi connectivity index (χ0n) is 17.6. The second-order valence-corrected chi connectivity index (χ2v) is 7.63. The van der Waals surface area contributed by atoms with Crippen LogP contribution >= 0.6 is 0 Å². The second kappa shape index (κ2) is 9.65. The van der Waals surface area contributed by atoms with Crippen LogP contribution in [-0.2, 0) is 0 Å². The van der Waals surface area contributed by atoms with Crippen LogP contribution in [0.25, 0.3) is 0 Å². The molecule has 8 heteroatoms. The first kappa shape index (κ1) is 20.3. The summed E-state index contributed by atoms with van der Waals surface area (Å²) in [7, 11) is 0. The van der Waals surface area contributed by atoms with Gasteiger partial charge in [0.05, 0.1) is 12.3 Å². The van der Waals surface area contributed by atoms with Crippen molar-refractivity contribution in [2.24, 2.45) is 0 Å². The Morgan fingerprint density at radius 2 is 1.53 bits per heavy atom. The quantitative estimate of drug-likeness (QED) is 0.816. The number of ether oxygens (including phenoxy) is 1. The number of benzene rings is 1. The normalized spacial score (nSPS) is 17.0. The molecule has 30 heavy (non-hydrogen) atoms. The number of rotatable bonds is 5. The fraction of sp³-hybridized carbons (Fsp3) is 0.500. The minimum Gasteiger partial charge on any atom is -0.492 e. The van der Waals surface area contributed by atoms with Crippen molar-refractivity contribution in [1.29, 1.82) is 0 Å². The van der Waals surface area contributed by atoms with E-state index >= 15 is 0 Å². The third kappa shape index (κ3) is 4.75. The van der Waals surface area contributed by atoms with Crippen LogP contribution in [0.15, 0.2) is 36.4 Å². The monoisotopic (exact) mass is 410 g/mol. The van der Waals surface area contributed by atoms with Crippen LogP contribution < -0.4 is 19.9 Å². The number of urea groups is 1. The molecule has 1 aromatic carbocycles. The smallest absolute Gasteiger partial charge is 0.322 e. The van der Waals surface area contributed by atoms with Crippen molar-refractivity contribution in [3.05, 3.63) is 36.4 Å². The lowest BCUT2D eigenvalue weighted by Crippen LogP contribution is -2.50. The average Bonchev–Trinajstić information content (AvgIpc) is 2.81. The zero-order chi connectivity index (χ0) is 20.8. The number of nitrogens with zero attached hydrogens (tertiary/aromatic N) is 5. The molecular weight excluding hydrogens is 380 g/mol. The van der Waals surface area contributed by atoms with Crippen LogP contribution in [0, 0.1) is 0 Å². The Bertz CT molecular complexity index is 830. The van der Waals surface area contributed by atoms with Crippen LogP contribution in [0.3, 0.4) is 0 Å². The highest BCUT2D eigenvalue weighted by atomic mass is 16.5. The van der Waals surface area contributed by atoms with E-state index in [2.05, 4.69) is 31.4 Å². The highest BCUT2D eigenvalue weighted by molar-refractivity contribution is 5.91. The number of nitrogens with one attached hydrogen (secondary N) is 1. The number of para-hydroxylation sites is 2. The lowest BCUT2D eigenvalue weighted by Gasteiger charge is -2.35. The highest BCUT2D eigenvalue weighted by Crippen LogP contribution is 2.24. The van der Waals surface area contributed by atoms with E-state index in [9.17, 15) is 4.79 Å². The number of hydrogen-bond acceptors (Lipinski definition) is 6. The maximum absolute atomic E-state index is 12.7. The van der Waals surface area contributed by atoms with E-state index in [1.807, 2.05) is 42.2 Å². The number of carbonyl (C=O) groups excluding carboxylic acids is 1. The topological polar surface area (TPSA) is 73.8 Å². The molecular formula is C22H30N6O2. The van der Waals surface area contributed by atoms with Crippen molar-refractivity contribution < 1.29 is 9.53 Å². The van der Waals surface area contributed by atoms with Gasteiger partial charge in [-0.15, -0.1) is 10.2 Å². The molecule has 2 aliphatic heterocycles. The van der Waals surface area contributed by atoms with E-state index in [4.69, 9.17) is 4.74 Å². The summed E-state index contributed by atoms with van der Waals surface area (Å²) in [6, 6.07) is 11.5. The fourth-order valence-corrected chi connectivity index (χ4v) is 3.96. The number of hydrogen-bond donors (Lipinski definition) is 1. The van der Waals surface area contributed by atoms with Gasteiger partial charge in [0.1, 0.15) is 5.75 Å². The zero-order valence-corrected chi connectivity index (χ0v) is 17.6. The van der Waals surface area contributed by atoms with Crippen LogP contribution in [0.2, 0.25) is 0 Å². The Balaban J connectivity index is 1.31. The summed E-state index contributed by atoms with van der Waals surface area (Å²) in [5, 5.41) is 11.9. The van der Waals surface area contributed by atoms with Crippen molar-refractivity contribution in [1.82, 2.24) is 15.1 Å². The van der Waals surface area contributed by atoms with Crippen LogP contribution in [-0.4, -0.2) is 67.0 Å². The molecule has 1 N–H and O–H groups in total. The van der Waals surface area contributed by atoms with Crippen molar-refractivity contribution in [3.63, 3.8) is 0 Å². The summed E-state index contributed by atoms with van der Waals surface area (Å²) in [4.78, 5) is 19.0. The van der Waals surface area contributed by atoms with Gasteiger partial charge in [-0.25, -0.2) is 4.79 Å². The number of carbonyl (C=O) groups is 1. The van der Waals surface area contributed by atoms with E-state index < -0.39 is 0 Å². The van der Waals surface area contributed by atoms with E-state index in [1.54, 1.807) is 0 Å². The number of amides is 2. The lowest BCUT2D eigenvalue weighted by atomic mass is 10.1. The SMILES string of the molecule is CCOc1ccccc1NC(=O)N1CCN(c2ccc(N3CCCCC3)nn2)CC1. The number of piperidine rings is 1. The van der Waals surface area contributed by atoms with Gasteiger partial charge in [-0.05, 0) is 50.5 Å². The number of aromatic nitrogens is 2. The third-order valence-corrected chi connectivity index (χ3v) is 5.64. The summed E-state index contributed by atoms with van der Waals surface area (Å²) in [5.74, 6) is 2.53. The average molecular weight is 411 g/mol. The van der Waals surface area contributed by atoms with E-state index in [0.717, 1.165) is 37.8 Å². The molecule has 160 valence electrons. The standard InChI is InChI=1S/C22H30N6O2/c1-2-30-19-9-5-4-8-18(19)23-22(29)28-16-14-27(15-17-28)21-11-10-20(24-25-21)26-12-6-3-7-13-26/h4-5,8-11H,2-3,6-7,12-17H2,1H3,(H,23,29). The molecule has 1 aromatic heterocycles. The maximum Gasteiger partial charge on any atom is 0.322 e. The highest BCUT2D eigenvalue weighted by Gasteiger charge is 2.23. The van der Waals surface area contributed by atoms with Gasteiger partial charge in [0.2, 0.25) is 0 Å². The first-order chi connectivity index (χ1) is 14.7. The Morgan fingerprint density at radius 1 is 0.900 bits per heavy atom. The predicted octanol–water partition coefficient (Wildman–Crippen LogP) is 3.22. The molecule has 0 aliphatic carbocycles. The van der Waals surface area contributed by atoms with Gasteiger partial charge in [-0.2, -0.15) is 0 Å². The molecule has 2 aromatic rings. The van der Waals surface area contributed by atoms with Gasteiger partial charge in [-0.1, -0.05) is 12.1 Å². The van der Waals surface area contributed by atoms with Gasteiger partial charge in [0, 0.05) is 39.3 Å². The van der Waals surface area contributed by atoms with Crippen LogP contribution in [0.4, 0.5) is 22.1 Å². The van der Waals surface area contributed by atoms with Crippen LogP contribution in [0.1, 0.15) is 26.2 Å². The predicted molar refractivity (Wildman–Crippen MR) is 119 cm³/mol. The Kier molecular flexibility index (Phi) is 6.51. The Morgan fingerprint density at radius 3 is 2.17 bits per heavy atom. The first-order valence-corrected chi connectivity index (χ1v) is 10.9. The van der Waals surface area contributed by atoms with Gasteiger partial charge in [-0.3, -0.25) is 0 Å². The van der Waals surface area contributed by atoms with E-state index in [-0.39, 0.29) is 6.03 Å². The molecule has 8 nitrogen and oxygen atoms in total. The number of piperazine rings is 1. The molecule has 0 saturated carbocycles. The summed E-state index contributed by atoms with van der Waals surface area (Å²) in [5.41, 5.74) is 0.700. The molecule has 0 bridgehead atoms. The summed E-state index contributed by atoms with van der Waals surface area (Å²) < 4.78 is 5.59. The molecule has 2 saturated heterocycles. The molecule has 0 unspecified atom stereocenters. The number of anilines is 3. The van der Waals surface area contributed by atoms with Gasteiger partial charge < -0.3 is 24.8 Å². The molecule has 2 fully saturated rings. The minimum atomic E-state index is -0.103. The van der Waals surface area contributed by atoms with Crippen molar-refractivity contribution in [2.75, 3.05) is 61.0 Å². The summed E-state index contributed by atoms with van der Waals surface area (Å²) in [6.45, 7) is 7.36. The van der Waals surface area contributed by atoms with Gasteiger partial charge in [0.15, 0.2) is 11.6 Å². The summed E-state index contributed by atoms with van der Waals surface area (Å²) in [6.07, 6.45) is 3.75. The Hall–Kier alpha value is -3.03. The molecule has 0 atom stereocenters. The largest absolute Gasteiger partial charge is 0.492 e. The first-order valence-electron chi connectivity index (χ1n) is 10.9. The van der Waals surface area contributed by atoms with Crippen molar-refractivity contribution in [2.45, 2.75) is 26.2 Å². The molecule has 2 aliphatic rings. The van der Waals surface area contributed by atoms with E-state index in [1.165, 1.54) is 19.3 Å². The molecule has 3 heterocycles. The minimum absolute atomic E-state index is 0.103. The molecule has 0 radical (unpaired) electrons. The van der Waals surface area contributed by atoms with Crippen LogP contribution in [0.5, 0.6) is 5.75 Å². The van der Waals surface area contributed by atoms with Gasteiger partial charge >= 0.3 is 6.03 Å². The third-order valence-electron chi connectivity index (χ3n) is 5.64. The fourth-order valence-electron chi connectivity index (χ4n) is 3.96. The van der Waals surface area contributed by atoms with E-state index in [0.29, 0.717) is 31.1 Å².